The Hall–Kier alpha value is -1.29. The van der Waals surface area contributed by atoms with Gasteiger partial charge in [-0.15, -0.1) is 0 Å². The van der Waals surface area contributed by atoms with E-state index in [4.69, 9.17) is 16.0 Å². The highest BCUT2D eigenvalue weighted by atomic mass is 79.9. The van der Waals surface area contributed by atoms with Gasteiger partial charge >= 0.3 is 0 Å². The zero-order valence-electron chi connectivity index (χ0n) is 10.9. The summed E-state index contributed by atoms with van der Waals surface area (Å²) < 4.78 is 6.42. The summed E-state index contributed by atoms with van der Waals surface area (Å²) in [5.74, 6) is 0.867. The number of nitrogens with one attached hydrogen (secondary N) is 1. The van der Waals surface area contributed by atoms with Gasteiger partial charge in [-0.3, -0.25) is 0 Å². The van der Waals surface area contributed by atoms with E-state index < -0.39 is 0 Å². The quantitative estimate of drug-likeness (QED) is 0.706. The lowest BCUT2D eigenvalue weighted by atomic mass is 9.97. The van der Waals surface area contributed by atoms with Crippen molar-refractivity contribution in [1.29, 1.82) is 0 Å². The van der Waals surface area contributed by atoms with E-state index in [2.05, 4.69) is 27.3 Å². The molecule has 0 fully saturated rings. The maximum absolute atomic E-state index is 6.28. The molecule has 0 aliphatic rings. The Kier molecular flexibility index (Phi) is 3.83. The minimum atomic E-state index is -0.0107. The van der Waals surface area contributed by atoms with E-state index in [1.165, 1.54) is 0 Å². The molecule has 4 heteroatoms. The fraction of sp³-hybridized carbons (Fsp3) is 0.125. The van der Waals surface area contributed by atoms with Gasteiger partial charge in [0.15, 0.2) is 4.67 Å². The highest BCUT2D eigenvalue weighted by molar-refractivity contribution is 9.10. The molecular formula is C16H13BrClNO. The molecule has 0 aliphatic heterocycles. The molecular weight excluding hydrogens is 338 g/mol. The van der Waals surface area contributed by atoms with E-state index in [9.17, 15) is 0 Å². The monoisotopic (exact) mass is 349 g/mol. The highest BCUT2D eigenvalue weighted by Gasteiger charge is 2.18. The average Bonchev–Trinajstić information content (AvgIpc) is 2.89. The van der Waals surface area contributed by atoms with Gasteiger partial charge in [-0.05, 0) is 52.1 Å². The summed E-state index contributed by atoms with van der Waals surface area (Å²) in [5, 5.41) is 6.25. The van der Waals surface area contributed by atoms with Crippen LogP contribution in [0.5, 0.6) is 0 Å². The fourth-order valence-electron chi connectivity index (χ4n) is 2.47. The van der Waals surface area contributed by atoms with Gasteiger partial charge in [0.2, 0.25) is 0 Å². The Balaban J connectivity index is 2.20. The van der Waals surface area contributed by atoms with Gasteiger partial charge in [0.25, 0.3) is 0 Å². The third-order valence-electron chi connectivity index (χ3n) is 3.38. The molecule has 0 amide bonds. The summed E-state index contributed by atoms with van der Waals surface area (Å²) in [4.78, 5) is 0. The van der Waals surface area contributed by atoms with Crippen LogP contribution in [0.4, 0.5) is 0 Å². The van der Waals surface area contributed by atoms with Crippen LogP contribution in [-0.4, -0.2) is 7.05 Å². The first-order chi connectivity index (χ1) is 9.70. The summed E-state index contributed by atoms with van der Waals surface area (Å²) in [6.07, 6.45) is 0. The van der Waals surface area contributed by atoms with E-state index in [-0.39, 0.29) is 6.04 Å². The van der Waals surface area contributed by atoms with Crippen molar-refractivity contribution in [3.05, 3.63) is 69.5 Å². The number of halogens is 2. The Morgan fingerprint density at radius 3 is 2.45 bits per heavy atom. The summed E-state index contributed by atoms with van der Waals surface area (Å²) >= 11 is 9.62. The van der Waals surface area contributed by atoms with Gasteiger partial charge in [0.05, 0.1) is 6.04 Å². The molecule has 0 spiro atoms. The molecule has 102 valence electrons. The largest absolute Gasteiger partial charge is 0.452 e. The first-order valence-corrected chi connectivity index (χ1v) is 7.47. The second-order valence-electron chi connectivity index (χ2n) is 4.55. The van der Waals surface area contributed by atoms with Gasteiger partial charge in [0, 0.05) is 10.4 Å². The van der Waals surface area contributed by atoms with Crippen molar-refractivity contribution in [2.45, 2.75) is 6.04 Å². The molecule has 0 saturated heterocycles. The van der Waals surface area contributed by atoms with Gasteiger partial charge in [-0.1, -0.05) is 41.9 Å². The molecule has 0 radical (unpaired) electrons. The standard InChI is InChI=1S/C16H13BrClNO/c1-19-16(14-8-9-15(17)20-14)12-6-7-13(18)11-5-3-2-4-10(11)12/h2-9,16,19H,1H3. The van der Waals surface area contributed by atoms with E-state index in [0.717, 1.165) is 31.8 Å². The van der Waals surface area contributed by atoms with E-state index in [0.29, 0.717) is 0 Å². The molecule has 1 aromatic heterocycles. The molecule has 0 aliphatic carbocycles. The molecule has 3 rings (SSSR count). The molecule has 20 heavy (non-hydrogen) atoms. The van der Waals surface area contributed by atoms with Crippen molar-refractivity contribution < 1.29 is 4.42 Å². The van der Waals surface area contributed by atoms with E-state index in [1.807, 2.05) is 49.5 Å². The molecule has 1 N–H and O–H groups in total. The van der Waals surface area contributed by atoms with Crippen molar-refractivity contribution >= 4 is 38.3 Å². The van der Waals surface area contributed by atoms with Crippen molar-refractivity contribution in [1.82, 2.24) is 5.32 Å². The molecule has 0 saturated carbocycles. The third kappa shape index (κ3) is 2.37. The number of hydrogen-bond donors (Lipinski definition) is 1. The highest BCUT2D eigenvalue weighted by Crippen LogP contribution is 2.33. The predicted molar refractivity (Wildman–Crippen MR) is 86.3 cm³/mol. The summed E-state index contributed by atoms with van der Waals surface area (Å²) in [6, 6.07) is 16.0. The summed E-state index contributed by atoms with van der Waals surface area (Å²) in [5.41, 5.74) is 1.15. The van der Waals surface area contributed by atoms with E-state index in [1.54, 1.807) is 0 Å². The zero-order valence-corrected chi connectivity index (χ0v) is 13.2. The van der Waals surface area contributed by atoms with Crippen LogP contribution in [0.2, 0.25) is 5.02 Å². The van der Waals surface area contributed by atoms with Crippen LogP contribution in [0, 0.1) is 0 Å². The number of rotatable bonds is 3. The molecule has 2 aromatic carbocycles. The lowest BCUT2D eigenvalue weighted by Crippen LogP contribution is -2.17. The van der Waals surface area contributed by atoms with Crippen LogP contribution in [0.15, 0.2) is 57.6 Å². The minimum absolute atomic E-state index is 0.0107. The maximum atomic E-state index is 6.28. The normalized spacial score (nSPS) is 12.8. The lowest BCUT2D eigenvalue weighted by molar-refractivity contribution is 0.448. The number of hydrogen-bond acceptors (Lipinski definition) is 2. The summed E-state index contributed by atoms with van der Waals surface area (Å²) in [7, 11) is 1.92. The van der Waals surface area contributed by atoms with Gasteiger partial charge < -0.3 is 9.73 Å². The van der Waals surface area contributed by atoms with Crippen LogP contribution in [0.3, 0.4) is 0 Å². The molecule has 1 unspecified atom stereocenters. The third-order valence-corrected chi connectivity index (χ3v) is 4.14. The summed E-state index contributed by atoms with van der Waals surface area (Å²) in [6.45, 7) is 0. The van der Waals surface area contributed by atoms with E-state index >= 15 is 0 Å². The number of furan rings is 1. The van der Waals surface area contributed by atoms with Crippen molar-refractivity contribution in [2.24, 2.45) is 0 Å². The molecule has 1 atom stereocenters. The topological polar surface area (TPSA) is 25.2 Å². The second-order valence-corrected chi connectivity index (χ2v) is 5.73. The maximum Gasteiger partial charge on any atom is 0.169 e. The molecule has 2 nitrogen and oxygen atoms in total. The average molecular weight is 351 g/mol. The first-order valence-electron chi connectivity index (χ1n) is 6.30. The van der Waals surface area contributed by atoms with Crippen LogP contribution in [0.25, 0.3) is 10.8 Å². The van der Waals surface area contributed by atoms with Crippen LogP contribution in [0.1, 0.15) is 17.4 Å². The molecule has 0 bridgehead atoms. The number of benzene rings is 2. The van der Waals surface area contributed by atoms with Crippen molar-refractivity contribution in [2.75, 3.05) is 7.05 Å². The molecule has 1 heterocycles. The molecule has 3 aromatic rings. The smallest absolute Gasteiger partial charge is 0.169 e. The fourth-order valence-corrected chi connectivity index (χ4v) is 3.02. The first kappa shape index (κ1) is 13.7. The second kappa shape index (κ2) is 5.60. The van der Waals surface area contributed by atoms with Crippen molar-refractivity contribution in [3.63, 3.8) is 0 Å². The Morgan fingerprint density at radius 2 is 1.80 bits per heavy atom. The van der Waals surface area contributed by atoms with Crippen LogP contribution < -0.4 is 5.32 Å². The Bertz CT molecular complexity index is 753. The number of fused-ring (bicyclic) bond motifs is 1. The SMILES string of the molecule is CNC(c1ccc(Br)o1)c1ccc(Cl)c2ccccc12. The minimum Gasteiger partial charge on any atom is -0.452 e. The van der Waals surface area contributed by atoms with Crippen LogP contribution >= 0.6 is 27.5 Å². The zero-order chi connectivity index (χ0) is 14.1. The Labute approximate surface area is 130 Å². The van der Waals surface area contributed by atoms with Crippen LogP contribution in [-0.2, 0) is 0 Å². The predicted octanol–water partition coefficient (Wildman–Crippen LogP) is 5.16. The van der Waals surface area contributed by atoms with Crippen molar-refractivity contribution in [3.8, 4) is 0 Å². The van der Waals surface area contributed by atoms with Gasteiger partial charge in [-0.25, -0.2) is 0 Å². The van der Waals surface area contributed by atoms with Gasteiger partial charge in [0.1, 0.15) is 5.76 Å². The van der Waals surface area contributed by atoms with Gasteiger partial charge in [-0.2, -0.15) is 0 Å². The lowest BCUT2D eigenvalue weighted by Gasteiger charge is -2.17. The Morgan fingerprint density at radius 1 is 1.05 bits per heavy atom.